The summed E-state index contributed by atoms with van der Waals surface area (Å²) in [4.78, 5) is 0. The van der Waals surface area contributed by atoms with Crippen molar-refractivity contribution in [2.75, 3.05) is 0 Å². The topological polar surface area (TPSA) is 25.8 Å². The number of hydrogen-bond acceptors (Lipinski definition) is 3. The zero-order chi connectivity index (χ0) is 10.5. The minimum Gasteiger partial charge on any atom is -0.177 e. The standard InChI is InChI=1S/C12H14N2S/c1-2-3-9-11-12(14-15-13-11)10-7-5-4-6-8-10/h4-8H,2-3,9H2,1H3. The third-order valence-electron chi connectivity index (χ3n) is 2.37. The van der Waals surface area contributed by atoms with E-state index in [1.807, 2.05) is 18.2 Å². The van der Waals surface area contributed by atoms with E-state index in [0.29, 0.717) is 0 Å². The number of benzene rings is 1. The fraction of sp³-hybridized carbons (Fsp3) is 0.333. The van der Waals surface area contributed by atoms with Crippen molar-refractivity contribution in [3.05, 3.63) is 36.0 Å². The molecule has 1 aromatic heterocycles. The van der Waals surface area contributed by atoms with E-state index in [-0.39, 0.29) is 0 Å². The second kappa shape index (κ2) is 5.03. The Morgan fingerprint density at radius 2 is 1.93 bits per heavy atom. The molecule has 15 heavy (non-hydrogen) atoms. The lowest BCUT2D eigenvalue weighted by molar-refractivity contribution is 0.784. The summed E-state index contributed by atoms with van der Waals surface area (Å²) in [5.41, 5.74) is 3.39. The second-order valence-electron chi connectivity index (χ2n) is 3.53. The summed E-state index contributed by atoms with van der Waals surface area (Å²) in [6.45, 7) is 2.20. The third-order valence-corrected chi connectivity index (χ3v) is 2.94. The van der Waals surface area contributed by atoms with Crippen LogP contribution in [0.5, 0.6) is 0 Å². The highest BCUT2D eigenvalue weighted by Crippen LogP contribution is 2.22. The van der Waals surface area contributed by atoms with Crippen LogP contribution in [0.2, 0.25) is 0 Å². The van der Waals surface area contributed by atoms with Crippen molar-refractivity contribution in [3.8, 4) is 11.3 Å². The Labute approximate surface area is 94.3 Å². The van der Waals surface area contributed by atoms with Crippen LogP contribution >= 0.6 is 11.7 Å². The van der Waals surface area contributed by atoms with Gasteiger partial charge in [-0.3, -0.25) is 0 Å². The fourth-order valence-corrected chi connectivity index (χ4v) is 2.14. The van der Waals surface area contributed by atoms with Crippen LogP contribution in [0.1, 0.15) is 25.5 Å². The maximum Gasteiger partial charge on any atom is 0.107 e. The van der Waals surface area contributed by atoms with Crippen molar-refractivity contribution in [2.45, 2.75) is 26.2 Å². The molecule has 2 rings (SSSR count). The lowest BCUT2D eigenvalue weighted by Crippen LogP contribution is -1.88. The molecule has 78 valence electrons. The molecule has 0 spiro atoms. The SMILES string of the molecule is CCCCc1nsnc1-c1ccccc1. The Morgan fingerprint density at radius 1 is 1.13 bits per heavy atom. The van der Waals surface area contributed by atoms with Gasteiger partial charge in [0.25, 0.3) is 0 Å². The van der Waals surface area contributed by atoms with Crippen molar-refractivity contribution in [3.63, 3.8) is 0 Å². The predicted molar refractivity (Wildman–Crippen MR) is 64.0 cm³/mol. The fourth-order valence-electron chi connectivity index (χ4n) is 1.53. The van der Waals surface area contributed by atoms with Gasteiger partial charge in [0, 0.05) is 5.56 Å². The van der Waals surface area contributed by atoms with Gasteiger partial charge in [-0.05, 0) is 12.8 Å². The average Bonchev–Trinajstić information content (AvgIpc) is 2.75. The molecule has 0 unspecified atom stereocenters. The predicted octanol–water partition coefficient (Wildman–Crippen LogP) is 3.55. The number of unbranched alkanes of at least 4 members (excludes halogenated alkanes) is 1. The molecule has 0 radical (unpaired) electrons. The smallest absolute Gasteiger partial charge is 0.107 e. The van der Waals surface area contributed by atoms with Crippen molar-refractivity contribution >= 4 is 11.7 Å². The number of nitrogens with zero attached hydrogens (tertiary/aromatic N) is 2. The molecule has 0 saturated carbocycles. The summed E-state index contributed by atoms with van der Waals surface area (Å²) in [6, 6.07) is 10.3. The van der Waals surface area contributed by atoms with Crippen LogP contribution in [-0.2, 0) is 6.42 Å². The summed E-state index contributed by atoms with van der Waals surface area (Å²) >= 11 is 1.31. The molecule has 0 N–H and O–H groups in total. The molecule has 0 amide bonds. The lowest BCUT2D eigenvalue weighted by atomic mass is 10.1. The molecule has 0 aliphatic carbocycles. The summed E-state index contributed by atoms with van der Waals surface area (Å²) in [5, 5.41) is 0. The summed E-state index contributed by atoms with van der Waals surface area (Å²) < 4.78 is 8.73. The third kappa shape index (κ3) is 2.42. The summed E-state index contributed by atoms with van der Waals surface area (Å²) in [7, 11) is 0. The highest BCUT2D eigenvalue weighted by Gasteiger charge is 2.08. The van der Waals surface area contributed by atoms with E-state index in [2.05, 4.69) is 27.8 Å². The molecular formula is C12H14N2S. The minimum atomic E-state index is 1.04. The monoisotopic (exact) mass is 218 g/mol. The van der Waals surface area contributed by atoms with Crippen LogP contribution in [-0.4, -0.2) is 8.75 Å². The molecule has 0 fully saturated rings. The van der Waals surface area contributed by atoms with Crippen LogP contribution in [0.3, 0.4) is 0 Å². The number of aryl methyl sites for hydroxylation is 1. The first-order chi connectivity index (χ1) is 7.42. The summed E-state index contributed by atoms with van der Waals surface area (Å²) in [5.74, 6) is 0. The zero-order valence-electron chi connectivity index (χ0n) is 8.81. The van der Waals surface area contributed by atoms with Gasteiger partial charge in [-0.25, -0.2) is 0 Å². The number of hydrogen-bond donors (Lipinski definition) is 0. The van der Waals surface area contributed by atoms with Crippen molar-refractivity contribution in [1.82, 2.24) is 8.75 Å². The van der Waals surface area contributed by atoms with E-state index < -0.39 is 0 Å². The van der Waals surface area contributed by atoms with E-state index in [0.717, 1.165) is 17.8 Å². The largest absolute Gasteiger partial charge is 0.177 e. The number of rotatable bonds is 4. The highest BCUT2D eigenvalue weighted by molar-refractivity contribution is 6.99. The number of aromatic nitrogens is 2. The molecule has 0 bridgehead atoms. The van der Waals surface area contributed by atoms with E-state index in [1.54, 1.807) is 0 Å². The molecule has 1 aromatic carbocycles. The van der Waals surface area contributed by atoms with Crippen molar-refractivity contribution in [2.24, 2.45) is 0 Å². The van der Waals surface area contributed by atoms with Crippen LogP contribution < -0.4 is 0 Å². The van der Waals surface area contributed by atoms with Gasteiger partial charge in [-0.15, -0.1) is 0 Å². The Balaban J connectivity index is 2.25. The van der Waals surface area contributed by atoms with Gasteiger partial charge < -0.3 is 0 Å². The maximum absolute atomic E-state index is 4.37. The quantitative estimate of drug-likeness (QED) is 0.784. The van der Waals surface area contributed by atoms with Crippen LogP contribution in [0.15, 0.2) is 30.3 Å². The molecule has 1 heterocycles. The van der Waals surface area contributed by atoms with Gasteiger partial charge in [0.1, 0.15) is 5.69 Å². The molecule has 2 nitrogen and oxygen atoms in total. The van der Waals surface area contributed by atoms with Crippen LogP contribution in [0.4, 0.5) is 0 Å². The average molecular weight is 218 g/mol. The van der Waals surface area contributed by atoms with Gasteiger partial charge in [0.15, 0.2) is 0 Å². The first-order valence-electron chi connectivity index (χ1n) is 5.28. The molecule has 0 aliphatic heterocycles. The van der Waals surface area contributed by atoms with Gasteiger partial charge in [-0.2, -0.15) is 8.75 Å². The normalized spacial score (nSPS) is 10.5. The summed E-state index contributed by atoms with van der Waals surface area (Å²) in [6.07, 6.45) is 3.42. The lowest BCUT2D eigenvalue weighted by Gasteiger charge is -1.99. The van der Waals surface area contributed by atoms with Crippen molar-refractivity contribution < 1.29 is 0 Å². The van der Waals surface area contributed by atoms with E-state index >= 15 is 0 Å². The van der Waals surface area contributed by atoms with Gasteiger partial charge in [-0.1, -0.05) is 43.7 Å². The van der Waals surface area contributed by atoms with Crippen LogP contribution in [0.25, 0.3) is 11.3 Å². The molecule has 3 heteroatoms. The molecule has 0 saturated heterocycles. The molecular weight excluding hydrogens is 204 g/mol. The van der Waals surface area contributed by atoms with E-state index in [9.17, 15) is 0 Å². The maximum atomic E-state index is 4.37. The first kappa shape index (κ1) is 10.3. The van der Waals surface area contributed by atoms with Gasteiger partial charge in [0.05, 0.1) is 17.4 Å². The first-order valence-corrected chi connectivity index (χ1v) is 6.01. The van der Waals surface area contributed by atoms with Gasteiger partial charge in [0.2, 0.25) is 0 Å². The minimum absolute atomic E-state index is 1.04. The second-order valence-corrected chi connectivity index (χ2v) is 4.06. The highest BCUT2D eigenvalue weighted by atomic mass is 32.1. The zero-order valence-corrected chi connectivity index (χ0v) is 9.63. The Morgan fingerprint density at radius 3 is 2.67 bits per heavy atom. The molecule has 0 atom stereocenters. The van der Waals surface area contributed by atoms with Crippen LogP contribution in [0, 0.1) is 0 Å². The van der Waals surface area contributed by atoms with E-state index in [1.165, 1.54) is 30.1 Å². The Kier molecular flexibility index (Phi) is 3.45. The Hall–Kier alpha value is -1.22. The van der Waals surface area contributed by atoms with Gasteiger partial charge >= 0.3 is 0 Å². The molecule has 0 aliphatic rings. The molecule has 2 aromatic rings. The van der Waals surface area contributed by atoms with Crippen molar-refractivity contribution in [1.29, 1.82) is 0 Å². The Bertz CT molecular complexity index is 409. The van der Waals surface area contributed by atoms with E-state index in [4.69, 9.17) is 0 Å².